The highest BCUT2D eigenvalue weighted by Crippen LogP contribution is 2.21. The zero-order valence-electron chi connectivity index (χ0n) is 11.1. The Kier molecular flexibility index (Phi) is 4.56. The Hall–Kier alpha value is -1.38. The number of aryl methyl sites for hydroxylation is 1. The molecule has 0 aliphatic heterocycles. The van der Waals surface area contributed by atoms with Crippen LogP contribution in [-0.2, 0) is 6.54 Å². The molecule has 0 fully saturated rings. The van der Waals surface area contributed by atoms with Crippen molar-refractivity contribution in [2.24, 2.45) is 0 Å². The first-order valence-corrected chi connectivity index (χ1v) is 6.68. The summed E-state index contributed by atoms with van der Waals surface area (Å²) in [5.74, 6) is -0.379. The molecule has 2 aromatic carbocycles. The molecule has 2 rings (SSSR count). The molecule has 3 heteroatoms. The number of hydrogen-bond donors (Lipinski definition) is 1. The molecular weight excluding hydrogens is 261 g/mol. The summed E-state index contributed by atoms with van der Waals surface area (Å²) in [6.07, 6.45) is 0. The van der Waals surface area contributed by atoms with Crippen molar-refractivity contribution < 1.29 is 4.39 Å². The number of benzene rings is 2. The topological polar surface area (TPSA) is 12.0 Å². The smallest absolute Gasteiger partial charge is 0.141 e. The second kappa shape index (κ2) is 6.18. The van der Waals surface area contributed by atoms with Gasteiger partial charge in [0.1, 0.15) is 5.82 Å². The minimum Gasteiger partial charge on any atom is -0.306 e. The summed E-state index contributed by atoms with van der Waals surface area (Å²) >= 11 is 5.79. The van der Waals surface area contributed by atoms with E-state index in [-0.39, 0.29) is 16.9 Å². The van der Waals surface area contributed by atoms with E-state index in [0.29, 0.717) is 0 Å². The molecule has 1 N–H and O–H groups in total. The van der Waals surface area contributed by atoms with Crippen LogP contribution in [0.4, 0.5) is 4.39 Å². The Balaban J connectivity index is 1.98. The maximum absolute atomic E-state index is 13.1. The minimum atomic E-state index is -0.379. The highest BCUT2D eigenvalue weighted by Gasteiger charge is 2.07. The van der Waals surface area contributed by atoms with E-state index in [1.165, 1.54) is 17.2 Å². The van der Waals surface area contributed by atoms with Gasteiger partial charge < -0.3 is 5.32 Å². The first-order chi connectivity index (χ1) is 9.06. The molecular formula is C16H17ClFN. The van der Waals surface area contributed by atoms with Crippen molar-refractivity contribution in [1.29, 1.82) is 0 Å². The fraction of sp³-hybridized carbons (Fsp3) is 0.250. The lowest BCUT2D eigenvalue weighted by Crippen LogP contribution is -2.18. The van der Waals surface area contributed by atoms with Gasteiger partial charge in [-0.15, -0.1) is 0 Å². The van der Waals surface area contributed by atoms with Gasteiger partial charge in [-0.3, -0.25) is 0 Å². The van der Waals surface area contributed by atoms with Gasteiger partial charge in [0.15, 0.2) is 0 Å². The van der Waals surface area contributed by atoms with Crippen molar-refractivity contribution in [3.05, 3.63) is 70.0 Å². The van der Waals surface area contributed by atoms with Crippen LogP contribution in [0.1, 0.15) is 29.7 Å². The van der Waals surface area contributed by atoms with E-state index >= 15 is 0 Å². The summed E-state index contributed by atoms with van der Waals surface area (Å²) in [6, 6.07) is 13.4. The molecule has 2 aromatic rings. The minimum absolute atomic E-state index is 0.124. The van der Waals surface area contributed by atoms with E-state index in [0.717, 1.165) is 12.1 Å². The fourth-order valence-corrected chi connectivity index (χ4v) is 2.07. The van der Waals surface area contributed by atoms with E-state index in [1.54, 1.807) is 12.1 Å². The SMILES string of the molecule is Cc1ccc(CNC(C)c2ccc(F)c(Cl)c2)cc1. The number of halogens is 2. The van der Waals surface area contributed by atoms with E-state index in [4.69, 9.17) is 11.6 Å². The van der Waals surface area contributed by atoms with Gasteiger partial charge in [-0.2, -0.15) is 0 Å². The molecule has 0 saturated heterocycles. The quantitative estimate of drug-likeness (QED) is 0.858. The van der Waals surface area contributed by atoms with Gasteiger partial charge >= 0.3 is 0 Å². The number of rotatable bonds is 4. The average molecular weight is 278 g/mol. The van der Waals surface area contributed by atoms with Crippen LogP contribution in [0.15, 0.2) is 42.5 Å². The third kappa shape index (κ3) is 3.79. The maximum Gasteiger partial charge on any atom is 0.141 e. The highest BCUT2D eigenvalue weighted by atomic mass is 35.5. The molecule has 0 aliphatic rings. The summed E-state index contributed by atoms with van der Waals surface area (Å²) in [7, 11) is 0. The molecule has 100 valence electrons. The fourth-order valence-electron chi connectivity index (χ4n) is 1.88. The lowest BCUT2D eigenvalue weighted by Gasteiger charge is -2.15. The van der Waals surface area contributed by atoms with E-state index in [9.17, 15) is 4.39 Å². The van der Waals surface area contributed by atoms with Crippen molar-refractivity contribution in [2.75, 3.05) is 0 Å². The van der Waals surface area contributed by atoms with Crippen LogP contribution in [0.25, 0.3) is 0 Å². The van der Waals surface area contributed by atoms with Crippen LogP contribution in [0, 0.1) is 12.7 Å². The molecule has 0 spiro atoms. The summed E-state index contributed by atoms with van der Waals surface area (Å²) in [5, 5.41) is 3.57. The highest BCUT2D eigenvalue weighted by molar-refractivity contribution is 6.30. The summed E-state index contributed by atoms with van der Waals surface area (Å²) in [6.45, 7) is 4.88. The summed E-state index contributed by atoms with van der Waals surface area (Å²) in [5.41, 5.74) is 3.46. The standard InChI is InChI=1S/C16H17ClFN/c1-11-3-5-13(6-4-11)10-19-12(2)14-7-8-16(18)15(17)9-14/h3-9,12,19H,10H2,1-2H3. The predicted octanol–water partition coefficient (Wildman–Crippen LogP) is 4.64. The molecule has 0 radical (unpaired) electrons. The molecule has 0 heterocycles. The Morgan fingerprint density at radius 3 is 2.47 bits per heavy atom. The normalized spacial score (nSPS) is 12.4. The van der Waals surface area contributed by atoms with E-state index in [1.807, 2.05) is 6.92 Å². The molecule has 19 heavy (non-hydrogen) atoms. The Labute approximate surface area is 118 Å². The molecule has 1 unspecified atom stereocenters. The van der Waals surface area contributed by atoms with Gasteiger partial charge in [0.25, 0.3) is 0 Å². The first-order valence-electron chi connectivity index (χ1n) is 6.30. The summed E-state index contributed by atoms with van der Waals surface area (Å²) < 4.78 is 13.1. The van der Waals surface area contributed by atoms with Crippen LogP contribution in [0.5, 0.6) is 0 Å². The lowest BCUT2D eigenvalue weighted by molar-refractivity contribution is 0.571. The van der Waals surface area contributed by atoms with Gasteiger partial charge in [0, 0.05) is 12.6 Å². The van der Waals surface area contributed by atoms with Crippen molar-refractivity contribution in [2.45, 2.75) is 26.4 Å². The lowest BCUT2D eigenvalue weighted by atomic mass is 10.1. The predicted molar refractivity (Wildman–Crippen MR) is 77.8 cm³/mol. The van der Waals surface area contributed by atoms with E-state index < -0.39 is 0 Å². The van der Waals surface area contributed by atoms with Crippen LogP contribution in [0.3, 0.4) is 0 Å². The Morgan fingerprint density at radius 1 is 1.16 bits per heavy atom. The van der Waals surface area contributed by atoms with Crippen LogP contribution in [0.2, 0.25) is 5.02 Å². The third-order valence-corrected chi connectivity index (χ3v) is 3.47. The largest absolute Gasteiger partial charge is 0.306 e. The van der Waals surface area contributed by atoms with Gasteiger partial charge in [0.05, 0.1) is 5.02 Å². The summed E-state index contributed by atoms with van der Waals surface area (Å²) in [4.78, 5) is 0. The van der Waals surface area contributed by atoms with E-state index in [2.05, 4.69) is 36.5 Å². The van der Waals surface area contributed by atoms with Gasteiger partial charge in [0.2, 0.25) is 0 Å². The average Bonchev–Trinajstić information content (AvgIpc) is 2.41. The second-order valence-electron chi connectivity index (χ2n) is 4.76. The maximum atomic E-state index is 13.1. The number of hydrogen-bond acceptors (Lipinski definition) is 1. The van der Waals surface area contributed by atoms with Crippen LogP contribution >= 0.6 is 11.6 Å². The zero-order chi connectivity index (χ0) is 13.8. The van der Waals surface area contributed by atoms with Gasteiger partial charge in [-0.1, -0.05) is 47.5 Å². The van der Waals surface area contributed by atoms with Crippen LogP contribution < -0.4 is 5.32 Å². The molecule has 0 bridgehead atoms. The second-order valence-corrected chi connectivity index (χ2v) is 5.17. The van der Waals surface area contributed by atoms with Crippen molar-refractivity contribution in [3.8, 4) is 0 Å². The molecule has 0 aromatic heterocycles. The molecule has 1 atom stereocenters. The molecule has 0 amide bonds. The van der Waals surface area contributed by atoms with Gasteiger partial charge in [-0.25, -0.2) is 4.39 Å². The van der Waals surface area contributed by atoms with Crippen molar-refractivity contribution >= 4 is 11.6 Å². The molecule has 1 nitrogen and oxygen atoms in total. The Morgan fingerprint density at radius 2 is 1.84 bits per heavy atom. The monoisotopic (exact) mass is 277 g/mol. The van der Waals surface area contributed by atoms with Crippen molar-refractivity contribution in [1.82, 2.24) is 5.32 Å². The van der Waals surface area contributed by atoms with Crippen molar-refractivity contribution in [3.63, 3.8) is 0 Å². The molecule has 0 saturated carbocycles. The molecule has 0 aliphatic carbocycles. The number of nitrogens with one attached hydrogen (secondary N) is 1. The zero-order valence-corrected chi connectivity index (χ0v) is 11.8. The third-order valence-electron chi connectivity index (χ3n) is 3.18. The van der Waals surface area contributed by atoms with Crippen LogP contribution in [-0.4, -0.2) is 0 Å². The van der Waals surface area contributed by atoms with Gasteiger partial charge in [-0.05, 0) is 37.1 Å². The first kappa shape index (κ1) is 14.0. The Bertz CT molecular complexity index is 551.